The van der Waals surface area contributed by atoms with E-state index in [1.54, 1.807) is 12.1 Å². The number of nitrogens with zero attached hydrogens (tertiary/aromatic N) is 1. The zero-order chi connectivity index (χ0) is 18.7. The van der Waals surface area contributed by atoms with Crippen molar-refractivity contribution >= 4 is 78.1 Å². The molecule has 0 aliphatic rings. The molecule has 7 nitrogen and oxygen atoms in total. The lowest BCUT2D eigenvalue weighted by molar-refractivity contribution is -0.384. The molecule has 2 rings (SSSR count). The third kappa shape index (κ3) is 4.88. The van der Waals surface area contributed by atoms with Gasteiger partial charge in [-0.25, -0.2) is 0 Å². The van der Waals surface area contributed by atoms with E-state index in [2.05, 4.69) is 42.5 Å². The van der Waals surface area contributed by atoms with Crippen LogP contribution in [-0.4, -0.2) is 21.0 Å². The molecule has 130 valence electrons. The summed E-state index contributed by atoms with van der Waals surface area (Å²) in [5, 5.41) is 25.6. The van der Waals surface area contributed by atoms with Crippen LogP contribution in [0.1, 0.15) is 10.4 Å². The molecule has 0 aromatic heterocycles. The number of hydrogen-bond donors (Lipinski definition) is 3. The number of carbonyl (C=O) groups is 1. The zero-order valence-electron chi connectivity index (χ0n) is 12.0. The fourth-order valence-corrected chi connectivity index (χ4v) is 3.35. The van der Waals surface area contributed by atoms with E-state index >= 15 is 0 Å². The number of rotatable bonds is 3. The van der Waals surface area contributed by atoms with Gasteiger partial charge in [0.25, 0.3) is 11.6 Å². The normalized spacial score (nSPS) is 10.2. The Kier molecular flexibility index (Phi) is 6.33. The fourth-order valence-electron chi connectivity index (χ4n) is 1.77. The molecule has 0 heterocycles. The van der Waals surface area contributed by atoms with Gasteiger partial charge >= 0.3 is 0 Å². The average molecular weight is 510 g/mol. The molecule has 0 unspecified atom stereocenters. The quantitative estimate of drug-likeness (QED) is 0.242. The van der Waals surface area contributed by atoms with Gasteiger partial charge in [0.2, 0.25) is 0 Å². The highest BCUT2D eigenvalue weighted by Crippen LogP contribution is 2.35. The molecule has 3 N–H and O–H groups in total. The van der Waals surface area contributed by atoms with Gasteiger partial charge < -0.3 is 10.4 Å². The average Bonchev–Trinajstić information content (AvgIpc) is 2.52. The molecule has 2 aromatic carbocycles. The standard InChI is InChI=1S/C14H8Br2ClN3O4S/c15-8-4-7(5-9(16)12(8)21)18-14(25)19-13(22)6-1-2-10(17)11(3-6)20(23)24/h1-5,21H,(H2,18,19,22,25). The number of halogens is 3. The van der Waals surface area contributed by atoms with Crippen LogP contribution >= 0.6 is 55.7 Å². The molecular weight excluding hydrogens is 501 g/mol. The first-order valence-corrected chi connectivity index (χ1v) is 8.80. The SMILES string of the molecule is O=C(NC(=S)Nc1cc(Br)c(O)c(Br)c1)c1ccc(Cl)c([N+](=O)[O-])c1. The van der Waals surface area contributed by atoms with Crippen LogP contribution in [0.4, 0.5) is 11.4 Å². The van der Waals surface area contributed by atoms with Crippen molar-refractivity contribution in [3.63, 3.8) is 0 Å². The highest BCUT2D eigenvalue weighted by molar-refractivity contribution is 9.11. The van der Waals surface area contributed by atoms with E-state index in [1.807, 2.05) is 0 Å². The molecule has 0 atom stereocenters. The van der Waals surface area contributed by atoms with Crippen LogP contribution in [0.15, 0.2) is 39.3 Å². The van der Waals surface area contributed by atoms with Crippen molar-refractivity contribution in [2.45, 2.75) is 0 Å². The molecular formula is C14H8Br2ClN3O4S. The van der Waals surface area contributed by atoms with E-state index in [9.17, 15) is 20.0 Å². The van der Waals surface area contributed by atoms with Crippen molar-refractivity contribution in [2.75, 3.05) is 5.32 Å². The fraction of sp³-hybridized carbons (Fsp3) is 0. The number of aromatic hydroxyl groups is 1. The summed E-state index contributed by atoms with van der Waals surface area (Å²) < 4.78 is 0.846. The second-order valence-corrected chi connectivity index (χ2v) is 7.14. The Bertz CT molecular complexity index is 871. The summed E-state index contributed by atoms with van der Waals surface area (Å²) in [6.07, 6.45) is 0. The maximum Gasteiger partial charge on any atom is 0.288 e. The van der Waals surface area contributed by atoms with Gasteiger partial charge in [-0.15, -0.1) is 0 Å². The molecule has 0 fully saturated rings. The summed E-state index contributed by atoms with van der Waals surface area (Å²) >= 11 is 17.1. The van der Waals surface area contributed by atoms with Crippen LogP contribution in [-0.2, 0) is 0 Å². The zero-order valence-corrected chi connectivity index (χ0v) is 16.8. The second kappa shape index (κ2) is 8.09. The number of nitro benzene ring substituents is 1. The Morgan fingerprint density at radius 1 is 1.24 bits per heavy atom. The number of thiocarbonyl (C=S) groups is 1. The van der Waals surface area contributed by atoms with E-state index in [4.69, 9.17) is 23.8 Å². The maximum absolute atomic E-state index is 12.2. The minimum Gasteiger partial charge on any atom is -0.506 e. The number of amides is 1. The van der Waals surface area contributed by atoms with Crippen molar-refractivity contribution in [1.29, 1.82) is 0 Å². The monoisotopic (exact) mass is 507 g/mol. The van der Waals surface area contributed by atoms with Gasteiger partial charge in [0.1, 0.15) is 10.8 Å². The highest BCUT2D eigenvalue weighted by Gasteiger charge is 2.17. The second-order valence-electron chi connectivity index (χ2n) is 4.62. The van der Waals surface area contributed by atoms with Crippen LogP contribution < -0.4 is 10.6 Å². The number of phenols is 1. The minimum atomic E-state index is -0.679. The number of anilines is 1. The minimum absolute atomic E-state index is 0.0212. The van der Waals surface area contributed by atoms with Crippen molar-refractivity contribution in [1.82, 2.24) is 5.32 Å². The van der Waals surface area contributed by atoms with E-state index < -0.39 is 10.8 Å². The van der Waals surface area contributed by atoms with Gasteiger partial charge in [0.15, 0.2) is 5.11 Å². The third-order valence-corrected chi connectivity index (χ3v) is 4.64. The van der Waals surface area contributed by atoms with Gasteiger partial charge in [-0.3, -0.25) is 20.2 Å². The first-order valence-electron chi connectivity index (χ1n) is 6.43. The van der Waals surface area contributed by atoms with Crippen molar-refractivity contribution in [2.24, 2.45) is 0 Å². The molecule has 25 heavy (non-hydrogen) atoms. The van der Waals surface area contributed by atoms with E-state index in [0.29, 0.717) is 14.6 Å². The number of carbonyl (C=O) groups excluding carboxylic acids is 1. The number of phenolic OH excluding ortho intramolecular Hbond substituents is 1. The Labute approximate surface area is 168 Å². The molecule has 0 radical (unpaired) electrons. The van der Waals surface area contributed by atoms with Gasteiger partial charge in [-0.1, -0.05) is 11.6 Å². The molecule has 2 aromatic rings. The highest BCUT2D eigenvalue weighted by atomic mass is 79.9. The number of nitrogens with one attached hydrogen (secondary N) is 2. The Hall–Kier alpha value is -1.75. The van der Waals surface area contributed by atoms with E-state index in [-0.39, 0.29) is 27.1 Å². The molecule has 0 saturated heterocycles. The summed E-state index contributed by atoms with van der Waals surface area (Å²) in [4.78, 5) is 22.4. The Balaban J connectivity index is 2.12. The first-order chi connectivity index (χ1) is 11.7. The Morgan fingerprint density at radius 2 is 1.84 bits per heavy atom. The lowest BCUT2D eigenvalue weighted by atomic mass is 10.2. The van der Waals surface area contributed by atoms with Gasteiger partial charge in [0, 0.05) is 17.3 Å². The largest absolute Gasteiger partial charge is 0.506 e. The van der Waals surface area contributed by atoms with Gasteiger partial charge in [0.05, 0.1) is 13.9 Å². The van der Waals surface area contributed by atoms with Gasteiger partial charge in [-0.2, -0.15) is 0 Å². The summed E-state index contributed by atoms with van der Waals surface area (Å²) in [6.45, 7) is 0. The van der Waals surface area contributed by atoms with Crippen LogP contribution in [0.2, 0.25) is 5.02 Å². The molecule has 0 spiro atoms. The molecule has 0 bridgehead atoms. The van der Waals surface area contributed by atoms with Crippen molar-refractivity contribution in [3.05, 3.63) is 60.0 Å². The van der Waals surface area contributed by atoms with Gasteiger partial charge in [-0.05, 0) is 68.3 Å². The maximum atomic E-state index is 12.2. The van der Waals surface area contributed by atoms with E-state index in [0.717, 1.165) is 6.07 Å². The number of benzene rings is 2. The lowest BCUT2D eigenvalue weighted by Gasteiger charge is -2.11. The molecule has 0 aliphatic carbocycles. The number of nitro groups is 1. The predicted octanol–water partition coefficient (Wildman–Crippen LogP) is 4.61. The molecule has 0 saturated carbocycles. The lowest BCUT2D eigenvalue weighted by Crippen LogP contribution is -2.34. The summed E-state index contributed by atoms with van der Waals surface area (Å²) in [7, 11) is 0. The van der Waals surface area contributed by atoms with Crippen molar-refractivity contribution in [3.8, 4) is 5.75 Å². The van der Waals surface area contributed by atoms with Crippen molar-refractivity contribution < 1.29 is 14.8 Å². The Morgan fingerprint density at radius 3 is 2.40 bits per heavy atom. The summed E-state index contributed by atoms with van der Waals surface area (Å²) in [5.74, 6) is -0.608. The summed E-state index contributed by atoms with van der Waals surface area (Å²) in [6, 6.07) is 6.80. The summed E-state index contributed by atoms with van der Waals surface area (Å²) in [5.41, 5.74) is 0.164. The van der Waals surface area contributed by atoms with Crippen LogP contribution in [0.25, 0.3) is 0 Å². The molecule has 0 aliphatic heterocycles. The topological polar surface area (TPSA) is 104 Å². The predicted molar refractivity (Wildman–Crippen MR) is 105 cm³/mol. The number of hydrogen-bond acceptors (Lipinski definition) is 5. The smallest absolute Gasteiger partial charge is 0.288 e. The van der Waals surface area contributed by atoms with Crippen LogP contribution in [0.5, 0.6) is 5.75 Å². The molecule has 1 amide bonds. The molecule has 11 heteroatoms. The van der Waals surface area contributed by atoms with Crippen LogP contribution in [0.3, 0.4) is 0 Å². The third-order valence-electron chi connectivity index (χ3n) is 2.91. The van der Waals surface area contributed by atoms with E-state index in [1.165, 1.54) is 12.1 Å². The van der Waals surface area contributed by atoms with Crippen LogP contribution in [0, 0.1) is 10.1 Å². The first kappa shape index (κ1) is 19.6.